The minimum Gasteiger partial charge on any atom is -0.362 e. The summed E-state index contributed by atoms with van der Waals surface area (Å²) in [7, 11) is 0. The molecule has 0 spiro atoms. The van der Waals surface area contributed by atoms with Crippen molar-refractivity contribution in [3.05, 3.63) is 81.9 Å². The molecule has 6 nitrogen and oxygen atoms in total. The quantitative estimate of drug-likeness (QED) is 0.360. The van der Waals surface area contributed by atoms with Gasteiger partial charge in [0.05, 0.1) is 4.92 Å². The average molecular weight is 355 g/mol. The van der Waals surface area contributed by atoms with Gasteiger partial charge in [-0.3, -0.25) is 20.2 Å². The van der Waals surface area contributed by atoms with Crippen molar-refractivity contribution in [3.8, 4) is 0 Å². The highest BCUT2D eigenvalue weighted by Gasteiger charge is 2.03. The molecule has 0 fully saturated rings. The zero-order valence-corrected chi connectivity index (χ0v) is 14.2. The number of carbonyl (C=O) groups excluding carboxylic acids is 1. The number of non-ortho nitro benzene ring substituents is 1. The molecule has 0 saturated heterocycles. The Kier molecular flexibility index (Phi) is 6.79. The van der Waals surface area contributed by atoms with Crippen molar-refractivity contribution >= 4 is 35.0 Å². The van der Waals surface area contributed by atoms with Gasteiger partial charge in [0.25, 0.3) is 5.69 Å². The summed E-state index contributed by atoms with van der Waals surface area (Å²) in [4.78, 5) is 21.9. The number of hydrogen-bond acceptors (Lipinski definition) is 4. The van der Waals surface area contributed by atoms with Gasteiger partial charge in [0.1, 0.15) is 0 Å². The van der Waals surface area contributed by atoms with Gasteiger partial charge in [-0.25, -0.2) is 0 Å². The van der Waals surface area contributed by atoms with Gasteiger partial charge >= 0.3 is 0 Å². The number of benzene rings is 2. The van der Waals surface area contributed by atoms with Gasteiger partial charge in [0, 0.05) is 24.8 Å². The molecule has 2 aromatic carbocycles. The molecule has 0 saturated carbocycles. The highest BCUT2D eigenvalue weighted by molar-refractivity contribution is 7.80. The molecule has 0 heterocycles. The maximum Gasteiger partial charge on any atom is 0.269 e. The largest absolute Gasteiger partial charge is 0.362 e. The number of nitrogens with one attached hydrogen (secondary N) is 2. The van der Waals surface area contributed by atoms with Crippen molar-refractivity contribution < 1.29 is 9.72 Å². The molecule has 2 aromatic rings. The van der Waals surface area contributed by atoms with Gasteiger partial charge in [0.15, 0.2) is 5.11 Å². The lowest BCUT2D eigenvalue weighted by atomic mass is 10.1. The fourth-order valence-corrected chi connectivity index (χ4v) is 2.24. The van der Waals surface area contributed by atoms with Crippen molar-refractivity contribution in [2.75, 3.05) is 6.54 Å². The molecule has 0 aliphatic carbocycles. The van der Waals surface area contributed by atoms with E-state index in [0.29, 0.717) is 12.1 Å². The number of nitro benzene ring substituents is 1. The highest BCUT2D eigenvalue weighted by atomic mass is 32.1. The first-order chi connectivity index (χ1) is 12.0. The van der Waals surface area contributed by atoms with Crippen molar-refractivity contribution in [2.45, 2.75) is 6.42 Å². The predicted octanol–water partition coefficient (Wildman–Crippen LogP) is 2.84. The van der Waals surface area contributed by atoms with Crippen LogP contribution in [0.3, 0.4) is 0 Å². The van der Waals surface area contributed by atoms with E-state index >= 15 is 0 Å². The molecule has 0 unspecified atom stereocenters. The molecule has 0 bridgehead atoms. The number of amides is 1. The van der Waals surface area contributed by atoms with Gasteiger partial charge in [-0.1, -0.05) is 30.3 Å². The summed E-state index contributed by atoms with van der Waals surface area (Å²) in [6.07, 6.45) is 3.69. The number of nitrogens with zero attached hydrogens (tertiary/aromatic N) is 1. The Morgan fingerprint density at radius 3 is 2.44 bits per heavy atom. The number of rotatable bonds is 6. The third-order valence-electron chi connectivity index (χ3n) is 3.31. The first-order valence-electron chi connectivity index (χ1n) is 7.60. The Hall–Kier alpha value is -3.06. The van der Waals surface area contributed by atoms with Gasteiger partial charge in [-0.15, -0.1) is 0 Å². The lowest BCUT2D eigenvalue weighted by molar-refractivity contribution is -0.384. The van der Waals surface area contributed by atoms with Gasteiger partial charge < -0.3 is 5.32 Å². The summed E-state index contributed by atoms with van der Waals surface area (Å²) in [6.45, 7) is 0.620. The van der Waals surface area contributed by atoms with Crippen molar-refractivity contribution in [1.82, 2.24) is 10.6 Å². The topological polar surface area (TPSA) is 84.3 Å². The van der Waals surface area contributed by atoms with Crippen LogP contribution in [0.15, 0.2) is 60.7 Å². The van der Waals surface area contributed by atoms with E-state index in [1.54, 1.807) is 18.2 Å². The molecule has 0 aliphatic rings. The van der Waals surface area contributed by atoms with Crippen molar-refractivity contribution in [3.63, 3.8) is 0 Å². The van der Waals surface area contributed by atoms with E-state index in [1.165, 1.54) is 23.8 Å². The molecule has 0 aromatic heterocycles. The van der Waals surface area contributed by atoms with Crippen LogP contribution in [-0.2, 0) is 11.2 Å². The highest BCUT2D eigenvalue weighted by Crippen LogP contribution is 2.12. The van der Waals surface area contributed by atoms with E-state index in [4.69, 9.17) is 12.2 Å². The van der Waals surface area contributed by atoms with Crippen LogP contribution in [-0.4, -0.2) is 22.5 Å². The zero-order chi connectivity index (χ0) is 18.1. The minimum absolute atomic E-state index is 0.00500. The lowest BCUT2D eigenvalue weighted by Gasteiger charge is -2.08. The van der Waals surface area contributed by atoms with Crippen molar-refractivity contribution in [1.29, 1.82) is 0 Å². The number of hydrogen-bond donors (Lipinski definition) is 2. The van der Waals surface area contributed by atoms with Crippen LogP contribution in [0.5, 0.6) is 0 Å². The SMILES string of the molecule is O=C(/C=C/c1ccc([N+](=O)[O-])cc1)NC(=S)NCCc1ccccc1. The Morgan fingerprint density at radius 1 is 1.12 bits per heavy atom. The van der Waals surface area contributed by atoms with Crippen LogP contribution in [0.25, 0.3) is 6.08 Å². The molecule has 2 rings (SSSR count). The Morgan fingerprint density at radius 2 is 1.80 bits per heavy atom. The fraction of sp³-hybridized carbons (Fsp3) is 0.111. The molecule has 2 N–H and O–H groups in total. The summed E-state index contributed by atoms with van der Waals surface area (Å²) in [5.74, 6) is -0.365. The normalized spacial score (nSPS) is 10.4. The summed E-state index contributed by atoms with van der Waals surface area (Å²) in [5.41, 5.74) is 1.87. The van der Waals surface area contributed by atoms with E-state index in [0.717, 1.165) is 6.42 Å². The molecular formula is C18H17N3O3S. The van der Waals surface area contributed by atoms with Crippen molar-refractivity contribution in [2.24, 2.45) is 0 Å². The molecule has 0 radical (unpaired) electrons. The molecule has 25 heavy (non-hydrogen) atoms. The van der Waals surface area contributed by atoms with Gasteiger partial charge in [-0.05, 0) is 48.0 Å². The number of nitro groups is 1. The minimum atomic E-state index is -0.472. The van der Waals surface area contributed by atoms with Gasteiger partial charge in [-0.2, -0.15) is 0 Å². The summed E-state index contributed by atoms with van der Waals surface area (Å²) in [5, 5.41) is 16.4. The second-order valence-electron chi connectivity index (χ2n) is 5.16. The Labute approximate surface area is 150 Å². The van der Waals surface area contributed by atoms with E-state index in [-0.39, 0.29) is 16.7 Å². The Bertz CT molecular complexity index is 774. The van der Waals surface area contributed by atoms with E-state index in [2.05, 4.69) is 10.6 Å². The fourth-order valence-electron chi connectivity index (χ4n) is 2.04. The smallest absolute Gasteiger partial charge is 0.269 e. The van der Waals surface area contributed by atoms with Crippen LogP contribution >= 0.6 is 12.2 Å². The standard InChI is InChI=1S/C18H17N3O3S/c22-17(11-8-15-6-9-16(10-7-15)21(23)24)20-18(25)19-13-12-14-4-2-1-3-5-14/h1-11H,12-13H2,(H2,19,20,22,25)/b11-8+. The zero-order valence-electron chi connectivity index (χ0n) is 13.3. The lowest BCUT2D eigenvalue weighted by Crippen LogP contribution is -2.39. The molecule has 0 aliphatic heterocycles. The predicted molar refractivity (Wildman–Crippen MR) is 101 cm³/mol. The summed E-state index contributed by atoms with van der Waals surface area (Å²) in [6, 6.07) is 15.8. The summed E-state index contributed by atoms with van der Waals surface area (Å²) < 4.78 is 0. The molecular weight excluding hydrogens is 338 g/mol. The molecule has 128 valence electrons. The average Bonchev–Trinajstić information content (AvgIpc) is 2.61. The third kappa shape index (κ3) is 6.52. The first-order valence-corrected chi connectivity index (χ1v) is 8.01. The molecule has 0 atom stereocenters. The summed E-state index contributed by atoms with van der Waals surface area (Å²) >= 11 is 5.07. The van der Waals surface area contributed by atoms with Crippen LogP contribution in [0.4, 0.5) is 5.69 Å². The van der Waals surface area contributed by atoms with Crippen LogP contribution in [0, 0.1) is 10.1 Å². The first kappa shape index (κ1) is 18.3. The molecule has 1 amide bonds. The van der Waals surface area contributed by atoms with Gasteiger partial charge in [0.2, 0.25) is 5.91 Å². The Balaban J connectivity index is 1.75. The number of carbonyl (C=O) groups is 1. The maximum atomic E-state index is 11.8. The molecule has 7 heteroatoms. The van der Waals surface area contributed by atoms with E-state index in [9.17, 15) is 14.9 Å². The van der Waals surface area contributed by atoms with E-state index < -0.39 is 4.92 Å². The van der Waals surface area contributed by atoms with Crippen LogP contribution in [0.2, 0.25) is 0 Å². The van der Waals surface area contributed by atoms with E-state index in [1.807, 2.05) is 30.3 Å². The third-order valence-corrected chi connectivity index (χ3v) is 3.56. The monoisotopic (exact) mass is 355 g/mol. The number of thiocarbonyl (C=S) groups is 1. The van der Waals surface area contributed by atoms with Crippen LogP contribution in [0.1, 0.15) is 11.1 Å². The van der Waals surface area contributed by atoms with Crippen LogP contribution < -0.4 is 10.6 Å². The maximum absolute atomic E-state index is 11.8. The second-order valence-corrected chi connectivity index (χ2v) is 5.57. The second kappa shape index (κ2) is 9.29.